The molecular formula is C13H14BrFN4O2. The summed E-state index contributed by atoms with van der Waals surface area (Å²) in [5, 5.41) is 15.6. The van der Waals surface area contributed by atoms with E-state index in [0.717, 1.165) is 0 Å². The number of halogens is 2. The van der Waals surface area contributed by atoms with Gasteiger partial charge in [-0.05, 0) is 41.9 Å². The lowest BCUT2D eigenvalue weighted by molar-refractivity contribution is 0.318. The van der Waals surface area contributed by atoms with E-state index in [1.54, 1.807) is 10.9 Å². The number of hydrogen-bond donors (Lipinski definition) is 2. The average molecular weight is 357 g/mol. The lowest BCUT2D eigenvalue weighted by atomic mass is 10.2. The lowest BCUT2D eigenvalue weighted by Gasteiger charge is -2.09. The summed E-state index contributed by atoms with van der Waals surface area (Å²) in [7, 11) is 0. The normalized spacial score (nSPS) is 12.0. The first kappa shape index (κ1) is 15.3. The smallest absolute Gasteiger partial charge is 0.180 e. The van der Waals surface area contributed by atoms with Gasteiger partial charge in [-0.1, -0.05) is 5.16 Å². The van der Waals surface area contributed by atoms with Gasteiger partial charge in [0.1, 0.15) is 0 Å². The van der Waals surface area contributed by atoms with E-state index < -0.39 is 5.82 Å². The van der Waals surface area contributed by atoms with E-state index in [9.17, 15) is 4.39 Å². The number of amidine groups is 1. The van der Waals surface area contributed by atoms with Crippen LogP contribution in [0.1, 0.15) is 25.5 Å². The summed E-state index contributed by atoms with van der Waals surface area (Å²) in [6.07, 6.45) is 3.18. The minimum Gasteiger partial charge on any atom is -0.451 e. The number of ether oxygens (including phenoxy) is 1. The summed E-state index contributed by atoms with van der Waals surface area (Å²) < 4.78 is 21.4. The molecule has 3 N–H and O–H groups in total. The SMILES string of the molecule is CC(C)n1cc(Oc2ccc(/C(N)=N/O)c(Br)c2F)cn1. The fourth-order valence-corrected chi connectivity index (χ4v) is 2.18. The highest BCUT2D eigenvalue weighted by atomic mass is 79.9. The molecule has 0 saturated heterocycles. The highest BCUT2D eigenvalue weighted by Gasteiger charge is 2.16. The molecule has 0 atom stereocenters. The van der Waals surface area contributed by atoms with Crippen molar-refractivity contribution in [3.8, 4) is 11.5 Å². The van der Waals surface area contributed by atoms with Crippen molar-refractivity contribution in [1.29, 1.82) is 0 Å². The highest BCUT2D eigenvalue weighted by Crippen LogP contribution is 2.31. The van der Waals surface area contributed by atoms with Gasteiger partial charge < -0.3 is 15.7 Å². The van der Waals surface area contributed by atoms with Crippen LogP contribution in [0, 0.1) is 5.82 Å². The average Bonchev–Trinajstić information content (AvgIpc) is 2.92. The second kappa shape index (κ2) is 6.13. The third kappa shape index (κ3) is 3.15. The van der Waals surface area contributed by atoms with E-state index in [-0.39, 0.29) is 27.7 Å². The zero-order chi connectivity index (χ0) is 15.6. The zero-order valence-electron chi connectivity index (χ0n) is 11.4. The van der Waals surface area contributed by atoms with Crippen molar-refractivity contribution in [2.45, 2.75) is 19.9 Å². The second-order valence-electron chi connectivity index (χ2n) is 4.58. The maximum Gasteiger partial charge on any atom is 0.180 e. The van der Waals surface area contributed by atoms with Crippen LogP contribution in [0.15, 0.2) is 34.2 Å². The number of hydrogen-bond acceptors (Lipinski definition) is 4. The molecule has 2 rings (SSSR count). The molecule has 2 aromatic rings. The van der Waals surface area contributed by atoms with E-state index in [1.807, 2.05) is 13.8 Å². The number of nitrogens with two attached hydrogens (primary N) is 1. The molecule has 0 radical (unpaired) electrons. The van der Waals surface area contributed by atoms with Gasteiger partial charge in [0, 0.05) is 11.6 Å². The first-order chi connectivity index (χ1) is 9.93. The van der Waals surface area contributed by atoms with Gasteiger partial charge in [-0.2, -0.15) is 5.10 Å². The highest BCUT2D eigenvalue weighted by molar-refractivity contribution is 9.10. The van der Waals surface area contributed by atoms with Gasteiger partial charge in [-0.15, -0.1) is 0 Å². The number of nitrogens with zero attached hydrogens (tertiary/aromatic N) is 3. The minimum atomic E-state index is -0.642. The summed E-state index contributed by atoms with van der Waals surface area (Å²) >= 11 is 3.07. The second-order valence-corrected chi connectivity index (χ2v) is 5.37. The van der Waals surface area contributed by atoms with Crippen molar-refractivity contribution >= 4 is 21.8 Å². The molecule has 0 unspecified atom stereocenters. The molecule has 0 aliphatic heterocycles. The van der Waals surface area contributed by atoms with E-state index >= 15 is 0 Å². The summed E-state index contributed by atoms with van der Waals surface area (Å²) in [6.45, 7) is 3.94. The number of aromatic nitrogens is 2. The van der Waals surface area contributed by atoms with Crippen LogP contribution in [0.25, 0.3) is 0 Å². The first-order valence-electron chi connectivity index (χ1n) is 6.12. The lowest BCUT2D eigenvalue weighted by Crippen LogP contribution is -2.14. The number of oxime groups is 1. The number of rotatable bonds is 4. The molecular weight excluding hydrogens is 343 g/mol. The topological polar surface area (TPSA) is 85.7 Å². The summed E-state index contributed by atoms with van der Waals surface area (Å²) in [5.74, 6) is -0.401. The van der Waals surface area contributed by atoms with Crippen LogP contribution >= 0.6 is 15.9 Å². The van der Waals surface area contributed by atoms with E-state index in [0.29, 0.717) is 5.75 Å². The van der Waals surface area contributed by atoms with Crippen molar-refractivity contribution < 1.29 is 14.3 Å². The van der Waals surface area contributed by atoms with Crippen LogP contribution in [0.2, 0.25) is 0 Å². The summed E-state index contributed by atoms with van der Waals surface area (Å²) in [6, 6.07) is 3.08. The Morgan fingerprint density at radius 3 is 2.81 bits per heavy atom. The van der Waals surface area contributed by atoms with E-state index in [2.05, 4.69) is 26.2 Å². The van der Waals surface area contributed by atoms with Gasteiger partial charge in [0.2, 0.25) is 0 Å². The Balaban J connectivity index is 2.30. The Labute approximate surface area is 129 Å². The Hall–Kier alpha value is -2.09. The molecule has 0 fully saturated rings. The molecule has 0 bridgehead atoms. The third-order valence-electron chi connectivity index (χ3n) is 2.77. The van der Waals surface area contributed by atoms with Crippen molar-refractivity contribution in [1.82, 2.24) is 9.78 Å². The van der Waals surface area contributed by atoms with Crippen LogP contribution in [0.5, 0.6) is 11.5 Å². The molecule has 1 heterocycles. The van der Waals surface area contributed by atoms with Crippen LogP contribution in [-0.4, -0.2) is 20.8 Å². The van der Waals surface area contributed by atoms with Crippen molar-refractivity contribution in [3.63, 3.8) is 0 Å². The van der Waals surface area contributed by atoms with Crippen molar-refractivity contribution in [3.05, 3.63) is 40.4 Å². The molecule has 0 aliphatic carbocycles. The molecule has 0 spiro atoms. The fraction of sp³-hybridized carbons (Fsp3) is 0.231. The molecule has 1 aromatic carbocycles. The number of benzene rings is 1. The summed E-state index contributed by atoms with van der Waals surface area (Å²) in [5.41, 5.74) is 5.69. The standard InChI is InChI=1S/C13H14BrFN4O2/c1-7(2)19-6-8(5-17-19)21-10-4-3-9(13(16)18-20)11(14)12(10)15/h3-7,20H,1-2H3,(H2,16,18). The Morgan fingerprint density at radius 1 is 1.52 bits per heavy atom. The van der Waals surface area contributed by atoms with Gasteiger partial charge in [0.05, 0.1) is 16.9 Å². The van der Waals surface area contributed by atoms with Crippen molar-refractivity contribution in [2.75, 3.05) is 0 Å². The largest absolute Gasteiger partial charge is 0.451 e. The van der Waals surface area contributed by atoms with Gasteiger partial charge in [-0.25, -0.2) is 4.39 Å². The molecule has 0 aliphatic rings. The molecule has 0 amide bonds. The predicted octanol–water partition coefficient (Wildman–Crippen LogP) is 3.25. The molecule has 8 heteroatoms. The van der Waals surface area contributed by atoms with E-state index in [1.165, 1.54) is 18.3 Å². The van der Waals surface area contributed by atoms with Gasteiger partial charge in [0.15, 0.2) is 23.2 Å². The Bertz CT molecular complexity index is 685. The van der Waals surface area contributed by atoms with Gasteiger partial charge in [0.25, 0.3) is 0 Å². The van der Waals surface area contributed by atoms with Crippen LogP contribution in [0.4, 0.5) is 4.39 Å². The maximum atomic E-state index is 14.2. The van der Waals surface area contributed by atoms with Gasteiger partial charge in [-0.3, -0.25) is 4.68 Å². The minimum absolute atomic E-state index is 0.0136. The van der Waals surface area contributed by atoms with E-state index in [4.69, 9.17) is 15.7 Å². The van der Waals surface area contributed by atoms with Crippen LogP contribution in [-0.2, 0) is 0 Å². The van der Waals surface area contributed by atoms with Crippen LogP contribution < -0.4 is 10.5 Å². The third-order valence-corrected chi connectivity index (χ3v) is 3.54. The molecule has 21 heavy (non-hydrogen) atoms. The quantitative estimate of drug-likeness (QED) is 0.381. The Kier molecular flexibility index (Phi) is 4.46. The van der Waals surface area contributed by atoms with Crippen molar-refractivity contribution in [2.24, 2.45) is 10.9 Å². The maximum absolute atomic E-state index is 14.2. The molecule has 1 aromatic heterocycles. The first-order valence-corrected chi connectivity index (χ1v) is 6.91. The predicted molar refractivity (Wildman–Crippen MR) is 79.3 cm³/mol. The molecule has 112 valence electrons. The molecule has 0 saturated carbocycles. The zero-order valence-corrected chi connectivity index (χ0v) is 13.0. The van der Waals surface area contributed by atoms with Gasteiger partial charge >= 0.3 is 0 Å². The van der Waals surface area contributed by atoms with Crippen LogP contribution in [0.3, 0.4) is 0 Å². The molecule has 6 nitrogen and oxygen atoms in total. The Morgan fingerprint density at radius 2 is 2.24 bits per heavy atom. The fourth-order valence-electron chi connectivity index (χ4n) is 1.64. The monoisotopic (exact) mass is 356 g/mol. The summed E-state index contributed by atoms with van der Waals surface area (Å²) in [4.78, 5) is 0.